The first-order chi connectivity index (χ1) is 17.4. The van der Waals surface area contributed by atoms with Gasteiger partial charge in [-0.1, -0.05) is 31.5 Å². The van der Waals surface area contributed by atoms with Gasteiger partial charge in [0, 0.05) is 5.56 Å². The van der Waals surface area contributed by atoms with E-state index in [1.807, 2.05) is 0 Å². The van der Waals surface area contributed by atoms with E-state index >= 15 is 8.78 Å². The van der Waals surface area contributed by atoms with Crippen LogP contribution in [0.15, 0.2) is 24.3 Å². The topological polar surface area (TPSA) is 38.8 Å². The molecule has 1 aliphatic heterocycles. The lowest BCUT2D eigenvalue weighted by atomic mass is 9.76. The van der Waals surface area contributed by atoms with E-state index in [2.05, 4.69) is 6.92 Å². The molecule has 1 saturated heterocycles. The second-order valence-corrected chi connectivity index (χ2v) is 10.5. The number of epoxide rings is 1. The van der Waals surface area contributed by atoms with Gasteiger partial charge in [0.15, 0.2) is 23.3 Å². The van der Waals surface area contributed by atoms with Gasteiger partial charge < -0.3 is 9.47 Å². The molecule has 2 aromatic rings. The minimum Gasteiger partial charge on any atom is -0.459 e. The third kappa shape index (κ3) is 5.04. The predicted octanol–water partition coefficient (Wildman–Crippen LogP) is 7.88. The van der Waals surface area contributed by atoms with Crippen LogP contribution in [0.5, 0.6) is 0 Å². The SMILES string of the molecule is CCC1CCC(c2ccc(C3CCC(OC(=O)c4ccc(C5CO5)c(F)c4F)CC3)c(F)c2F)CC1. The Morgan fingerprint density at radius 2 is 1.28 bits per heavy atom. The lowest BCUT2D eigenvalue weighted by molar-refractivity contribution is 0.0188. The highest BCUT2D eigenvalue weighted by Gasteiger charge is 2.33. The largest absolute Gasteiger partial charge is 0.459 e. The summed E-state index contributed by atoms with van der Waals surface area (Å²) in [6, 6.07) is 6.04. The van der Waals surface area contributed by atoms with Crippen LogP contribution in [0.4, 0.5) is 17.6 Å². The van der Waals surface area contributed by atoms with Crippen molar-refractivity contribution in [2.24, 2.45) is 5.92 Å². The standard InChI is InChI=1S/C29H32F4O3/c1-2-16-3-5-17(6-4-16)20-11-12-21(26(31)25(20)30)18-7-9-19(10-8-18)36-29(34)23-14-13-22(24-15-35-24)27(32)28(23)33/h11-14,16-19,24H,2-10,15H2,1H3. The molecule has 2 aromatic carbocycles. The molecule has 0 bridgehead atoms. The molecular formula is C29H32F4O3. The lowest BCUT2D eigenvalue weighted by Gasteiger charge is -2.30. The van der Waals surface area contributed by atoms with Crippen molar-refractivity contribution >= 4 is 5.97 Å². The molecule has 1 atom stereocenters. The molecule has 1 heterocycles. The zero-order valence-electron chi connectivity index (χ0n) is 20.5. The summed E-state index contributed by atoms with van der Waals surface area (Å²) in [7, 11) is 0. The fraction of sp³-hybridized carbons (Fsp3) is 0.552. The Labute approximate surface area is 209 Å². The van der Waals surface area contributed by atoms with Crippen LogP contribution in [0, 0.1) is 29.2 Å². The van der Waals surface area contributed by atoms with Gasteiger partial charge in [-0.2, -0.15) is 0 Å². The Kier molecular flexibility index (Phi) is 7.38. The maximum Gasteiger partial charge on any atom is 0.341 e. The molecule has 3 nitrogen and oxygen atoms in total. The summed E-state index contributed by atoms with van der Waals surface area (Å²) in [5.41, 5.74) is 0.505. The number of carbonyl (C=O) groups is 1. The summed E-state index contributed by atoms with van der Waals surface area (Å²) in [4.78, 5) is 12.5. The predicted molar refractivity (Wildman–Crippen MR) is 127 cm³/mol. The van der Waals surface area contributed by atoms with E-state index in [1.54, 1.807) is 12.1 Å². The van der Waals surface area contributed by atoms with Gasteiger partial charge >= 0.3 is 5.97 Å². The first-order valence-corrected chi connectivity index (χ1v) is 13.2. The fourth-order valence-corrected chi connectivity index (χ4v) is 6.00. The first-order valence-electron chi connectivity index (χ1n) is 13.2. The van der Waals surface area contributed by atoms with Crippen LogP contribution in [0.1, 0.15) is 110 Å². The number of ether oxygens (including phenoxy) is 2. The van der Waals surface area contributed by atoms with Gasteiger partial charge in [-0.25, -0.2) is 22.4 Å². The average Bonchev–Trinajstić information content (AvgIpc) is 3.73. The smallest absolute Gasteiger partial charge is 0.341 e. The Balaban J connectivity index is 1.19. The third-order valence-electron chi connectivity index (χ3n) is 8.41. The molecule has 0 N–H and O–H groups in total. The molecule has 0 radical (unpaired) electrons. The molecule has 5 rings (SSSR count). The minimum atomic E-state index is -1.23. The summed E-state index contributed by atoms with van der Waals surface area (Å²) in [5, 5.41) is 0. The zero-order chi connectivity index (χ0) is 25.4. The van der Waals surface area contributed by atoms with Crippen LogP contribution in [-0.4, -0.2) is 18.7 Å². The fourth-order valence-electron chi connectivity index (χ4n) is 6.00. The molecule has 36 heavy (non-hydrogen) atoms. The van der Waals surface area contributed by atoms with Gasteiger partial charge in [0.05, 0.1) is 12.2 Å². The molecule has 1 unspecified atom stereocenters. The van der Waals surface area contributed by atoms with Crippen LogP contribution in [0.2, 0.25) is 0 Å². The normalized spacial score (nSPS) is 28.1. The summed E-state index contributed by atoms with van der Waals surface area (Å²) < 4.78 is 69.2. The van der Waals surface area contributed by atoms with Crippen LogP contribution in [0.25, 0.3) is 0 Å². The molecule has 194 valence electrons. The van der Waals surface area contributed by atoms with Crippen molar-refractivity contribution in [3.05, 3.63) is 69.8 Å². The van der Waals surface area contributed by atoms with E-state index < -0.39 is 47.0 Å². The zero-order valence-corrected chi connectivity index (χ0v) is 20.5. The molecule has 2 aliphatic carbocycles. The highest BCUT2D eigenvalue weighted by Crippen LogP contribution is 2.41. The molecule has 3 fully saturated rings. The van der Waals surface area contributed by atoms with Crippen molar-refractivity contribution < 1.29 is 31.8 Å². The first kappa shape index (κ1) is 25.2. The Bertz CT molecular complexity index is 1110. The number of rotatable bonds is 6. The van der Waals surface area contributed by atoms with E-state index in [1.165, 1.54) is 12.1 Å². The van der Waals surface area contributed by atoms with Crippen LogP contribution in [-0.2, 0) is 9.47 Å². The maximum absolute atomic E-state index is 15.1. The molecule has 7 heteroatoms. The second-order valence-electron chi connectivity index (χ2n) is 10.5. The van der Waals surface area contributed by atoms with Gasteiger partial charge in [-0.3, -0.25) is 0 Å². The maximum atomic E-state index is 15.1. The number of hydrogen-bond donors (Lipinski definition) is 0. The highest BCUT2D eigenvalue weighted by molar-refractivity contribution is 5.90. The van der Waals surface area contributed by atoms with Crippen molar-refractivity contribution in [2.45, 2.75) is 88.8 Å². The number of hydrogen-bond acceptors (Lipinski definition) is 3. The summed E-state index contributed by atoms with van der Waals surface area (Å²) in [6.07, 6.45) is 6.02. The summed E-state index contributed by atoms with van der Waals surface area (Å²) in [6.45, 7) is 2.51. The van der Waals surface area contributed by atoms with Crippen molar-refractivity contribution in [2.75, 3.05) is 6.61 Å². The van der Waals surface area contributed by atoms with Crippen LogP contribution >= 0.6 is 0 Å². The van der Waals surface area contributed by atoms with E-state index in [-0.39, 0.29) is 17.4 Å². The highest BCUT2D eigenvalue weighted by atomic mass is 19.2. The van der Waals surface area contributed by atoms with E-state index in [9.17, 15) is 13.6 Å². The van der Waals surface area contributed by atoms with Crippen LogP contribution in [0.3, 0.4) is 0 Å². The molecular weight excluding hydrogens is 472 g/mol. The van der Waals surface area contributed by atoms with Gasteiger partial charge in [0.2, 0.25) is 0 Å². The molecule has 0 spiro atoms. The van der Waals surface area contributed by atoms with E-state index in [0.29, 0.717) is 49.3 Å². The van der Waals surface area contributed by atoms with Gasteiger partial charge in [0.1, 0.15) is 12.2 Å². The quantitative estimate of drug-likeness (QED) is 0.228. The summed E-state index contributed by atoms with van der Waals surface area (Å²) in [5.74, 6) is -4.14. The van der Waals surface area contributed by atoms with Gasteiger partial charge in [-0.05, 0) is 86.3 Å². The van der Waals surface area contributed by atoms with Gasteiger partial charge in [0.25, 0.3) is 0 Å². The van der Waals surface area contributed by atoms with Crippen molar-refractivity contribution in [3.63, 3.8) is 0 Å². The minimum absolute atomic E-state index is 0.0718. The third-order valence-corrected chi connectivity index (χ3v) is 8.41. The second kappa shape index (κ2) is 10.5. The number of carbonyl (C=O) groups excluding carboxylic acids is 1. The average molecular weight is 505 g/mol. The molecule has 0 aromatic heterocycles. The monoisotopic (exact) mass is 504 g/mol. The molecule has 0 amide bonds. The van der Waals surface area contributed by atoms with Crippen molar-refractivity contribution in [3.8, 4) is 0 Å². The van der Waals surface area contributed by atoms with E-state index in [4.69, 9.17) is 9.47 Å². The van der Waals surface area contributed by atoms with Crippen LogP contribution < -0.4 is 0 Å². The van der Waals surface area contributed by atoms with Gasteiger partial charge in [-0.15, -0.1) is 0 Å². The van der Waals surface area contributed by atoms with Crippen molar-refractivity contribution in [1.82, 2.24) is 0 Å². The molecule has 2 saturated carbocycles. The Morgan fingerprint density at radius 3 is 1.81 bits per heavy atom. The Hall–Kier alpha value is -2.41. The van der Waals surface area contributed by atoms with E-state index in [0.717, 1.165) is 32.1 Å². The number of esters is 1. The number of halogens is 4. The summed E-state index contributed by atoms with van der Waals surface area (Å²) >= 11 is 0. The lowest BCUT2D eigenvalue weighted by Crippen LogP contribution is -2.25. The van der Waals surface area contributed by atoms with Crippen molar-refractivity contribution in [1.29, 1.82) is 0 Å². The number of benzene rings is 2. The molecule has 3 aliphatic rings. The Morgan fingerprint density at radius 1 is 0.778 bits per heavy atom.